The highest BCUT2D eigenvalue weighted by molar-refractivity contribution is 6.00. The Kier molecular flexibility index (Phi) is 6.22. The number of anilines is 2. The molecule has 1 aliphatic heterocycles. The molecule has 6 heteroatoms. The lowest BCUT2D eigenvalue weighted by atomic mass is 10.2. The third kappa shape index (κ3) is 5.07. The summed E-state index contributed by atoms with van der Waals surface area (Å²) in [5.41, 5.74) is 2.35. The van der Waals surface area contributed by atoms with E-state index in [9.17, 15) is 14.4 Å². The molecule has 3 rings (SSSR count). The van der Waals surface area contributed by atoms with Crippen molar-refractivity contribution < 1.29 is 14.4 Å². The van der Waals surface area contributed by atoms with Gasteiger partial charge in [0.25, 0.3) is 0 Å². The van der Waals surface area contributed by atoms with Crippen LogP contribution in [0.5, 0.6) is 0 Å². The predicted octanol–water partition coefficient (Wildman–Crippen LogP) is 2.97. The van der Waals surface area contributed by atoms with Crippen molar-refractivity contribution in [2.24, 2.45) is 0 Å². The van der Waals surface area contributed by atoms with Crippen molar-refractivity contribution in [2.45, 2.75) is 25.8 Å². The summed E-state index contributed by atoms with van der Waals surface area (Å²) in [6, 6.07) is 15.9. The third-order valence-electron chi connectivity index (χ3n) is 4.50. The third-order valence-corrected chi connectivity index (χ3v) is 4.50. The molecule has 0 spiro atoms. The minimum absolute atomic E-state index is 0.122. The molecular formula is C22H23N3O3. The summed E-state index contributed by atoms with van der Waals surface area (Å²) in [7, 11) is 0. The second-order valence-electron chi connectivity index (χ2n) is 6.66. The van der Waals surface area contributed by atoms with Gasteiger partial charge in [0.2, 0.25) is 17.7 Å². The number of benzene rings is 2. The minimum atomic E-state index is -0.687. The van der Waals surface area contributed by atoms with E-state index in [2.05, 4.69) is 10.6 Å². The van der Waals surface area contributed by atoms with Crippen LogP contribution in [0.25, 0.3) is 6.08 Å². The van der Waals surface area contributed by atoms with Gasteiger partial charge >= 0.3 is 0 Å². The summed E-state index contributed by atoms with van der Waals surface area (Å²) < 4.78 is 0. The molecule has 1 heterocycles. The fourth-order valence-electron chi connectivity index (χ4n) is 2.96. The molecule has 0 radical (unpaired) electrons. The lowest BCUT2D eigenvalue weighted by molar-refractivity contribution is -0.123. The zero-order valence-electron chi connectivity index (χ0n) is 15.7. The van der Waals surface area contributed by atoms with Crippen LogP contribution in [0.1, 0.15) is 25.3 Å². The topological polar surface area (TPSA) is 78.5 Å². The Morgan fingerprint density at radius 2 is 1.79 bits per heavy atom. The van der Waals surface area contributed by atoms with Gasteiger partial charge in [-0.2, -0.15) is 0 Å². The Morgan fingerprint density at radius 3 is 2.43 bits per heavy atom. The highest BCUT2D eigenvalue weighted by atomic mass is 16.2. The van der Waals surface area contributed by atoms with E-state index in [4.69, 9.17) is 0 Å². The van der Waals surface area contributed by atoms with Gasteiger partial charge in [0, 0.05) is 30.4 Å². The summed E-state index contributed by atoms with van der Waals surface area (Å²) >= 11 is 0. The van der Waals surface area contributed by atoms with Crippen LogP contribution in [0.3, 0.4) is 0 Å². The zero-order chi connectivity index (χ0) is 19.9. The smallest absolute Gasteiger partial charge is 0.246 e. The van der Waals surface area contributed by atoms with Gasteiger partial charge in [0.05, 0.1) is 0 Å². The van der Waals surface area contributed by atoms with Crippen LogP contribution < -0.4 is 15.5 Å². The second kappa shape index (κ2) is 8.99. The molecule has 0 aliphatic carbocycles. The van der Waals surface area contributed by atoms with Gasteiger partial charge in [-0.1, -0.05) is 30.3 Å². The maximum Gasteiger partial charge on any atom is 0.246 e. The van der Waals surface area contributed by atoms with Gasteiger partial charge in [0.15, 0.2) is 0 Å². The highest BCUT2D eigenvalue weighted by Crippen LogP contribution is 2.23. The second-order valence-corrected chi connectivity index (χ2v) is 6.66. The van der Waals surface area contributed by atoms with Crippen LogP contribution in [0.15, 0.2) is 60.7 Å². The lowest BCUT2D eigenvalue weighted by Gasteiger charge is -2.17. The maximum absolute atomic E-state index is 12.3. The Balaban J connectivity index is 1.51. The van der Waals surface area contributed by atoms with Crippen molar-refractivity contribution in [2.75, 3.05) is 16.8 Å². The summed E-state index contributed by atoms with van der Waals surface area (Å²) in [6.07, 6.45) is 4.54. The fraction of sp³-hybridized carbons (Fsp3) is 0.227. The SMILES string of the molecule is CC(NC(=O)/C=C/c1ccccc1)C(=O)Nc1ccc(N2CCCC2=O)cc1. The summed E-state index contributed by atoms with van der Waals surface area (Å²) in [4.78, 5) is 37.8. The molecule has 2 aromatic rings. The first kappa shape index (κ1) is 19.4. The van der Waals surface area contributed by atoms with Crippen molar-refractivity contribution >= 4 is 35.2 Å². The number of rotatable bonds is 6. The molecule has 2 aromatic carbocycles. The highest BCUT2D eigenvalue weighted by Gasteiger charge is 2.21. The van der Waals surface area contributed by atoms with Crippen LogP contribution in [-0.4, -0.2) is 30.3 Å². The average Bonchev–Trinajstić information content (AvgIpc) is 3.13. The van der Waals surface area contributed by atoms with E-state index in [-0.39, 0.29) is 17.7 Å². The van der Waals surface area contributed by atoms with Gasteiger partial charge < -0.3 is 15.5 Å². The standard InChI is InChI=1S/C22H23N3O3/c1-16(23-20(26)14-9-17-6-3-2-4-7-17)22(28)24-18-10-12-19(13-11-18)25-15-5-8-21(25)27/h2-4,6-7,9-14,16H,5,8,15H2,1H3,(H,23,26)(H,24,28)/b14-9+. The molecule has 2 N–H and O–H groups in total. The largest absolute Gasteiger partial charge is 0.341 e. The average molecular weight is 377 g/mol. The predicted molar refractivity (Wildman–Crippen MR) is 110 cm³/mol. The van der Waals surface area contributed by atoms with Crippen molar-refractivity contribution in [1.82, 2.24) is 5.32 Å². The zero-order valence-corrected chi connectivity index (χ0v) is 15.7. The van der Waals surface area contributed by atoms with Crippen molar-refractivity contribution in [3.63, 3.8) is 0 Å². The molecule has 1 atom stereocenters. The molecule has 1 unspecified atom stereocenters. The first-order valence-electron chi connectivity index (χ1n) is 9.28. The molecule has 28 heavy (non-hydrogen) atoms. The molecule has 6 nitrogen and oxygen atoms in total. The number of hydrogen-bond donors (Lipinski definition) is 2. The molecule has 0 aromatic heterocycles. The van der Waals surface area contributed by atoms with Crippen molar-refractivity contribution in [1.29, 1.82) is 0 Å². The van der Waals surface area contributed by atoms with E-state index in [0.717, 1.165) is 24.2 Å². The van der Waals surface area contributed by atoms with E-state index in [1.165, 1.54) is 6.08 Å². The molecule has 1 aliphatic rings. The van der Waals surface area contributed by atoms with Gasteiger partial charge in [-0.05, 0) is 49.2 Å². The van der Waals surface area contributed by atoms with E-state index >= 15 is 0 Å². The normalized spacial score (nSPS) is 14.9. The Hall–Kier alpha value is -3.41. The molecular weight excluding hydrogens is 354 g/mol. The fourth-order valence-corrected chi connectivity index (χ4v) is 2.96. The molecule has 0 bridgehead atoms. The number of hydrogen-bond acceptors (Lipinski definition) is 3. The van der Waals surface area contributed by atoms with E-state index in [1.807, 2.05) is 42.5 Å². The van der Waals surface area contributed by atoms with Crippen molar-refractivity contribution in [3.05, 3.63) is 66.2 Å². The van der Waals surface area contributed by atoms with Crippen LogP contribution in [0, 0.1) is 0 Å². The Bertz CT molecular complexity index is 876. The van der Waals surface area contributed by atoms with Gasteiger partial charge in [-0.25, -0.2) is 0 Å². The first-order valence-corrected chi connectivity index (χ1v) is 9.28. The molecule has 1 fully saturated rings. The van der Waals surface area contributed by atoms with Crippen molar-refractivity contribution in [3.8, 4) is 0 Å². The lowest BCUT2D eigenvalue weighted by Crippen LogP contribution is -2.40. The van der Waals surface area contributed by atoms with E-state index < -0.39 is 6.04 Å². The molecule has 144 valence electrons. The van der Waals surface area contributed by atoms with Gasteiger partial charge in [-0.3, -0.25) is 14.4 Å². The minimum Gasteiger partial charge on any atom is -0.341 e. The summed E-state index contributed by atoms with van der Waals surface area (Å²) in [5.74, 6) is -0.530. The van der Waals surface area contributed by atoms with Crippen LogP contribution in [0.4, 0.5) is 11.4 Å². The number of nitrogens with one attached hydrogen (secondary N) is 2. The number of amides is 3. The van der Waals surface area contributed by atoms with E-state index in [1.54, 1.807) is 30.0 Å². The number of carbonyl (C=O) groups is 3. The molecule has 3 amide bonds. The van der Waals surface area contributed by atoms with Gasteiger partial charge in [0.1, 0.15) is 6.04 Å². The van der Waals surface area contributed by atoms with Crippen LogP contribution in [-0.2, 0) is 14.4 Å². The van der Waals surface area contributed by atoms with Crippen LogP contribution in [0.2, 0.25) is 0 Å². The molecule has 1 saturated heterocycles. The Labute approximate surface area is 164 Å². The van der Waals surface area contributed by atoms with Crippen LogP contribution >= 0.6 is 0 Å². The summed E-state index contributed by atoms with van der Waals surface area (Å²) in [5, 5.41) is 5.41. The summed E-state index contributed by atoms with van der Waals surface area (Å²) in [6.45, 7) is 2.35. The first-order chi connectivity index (χ1) is 13.5. The monoisotopic (exact) mass is 377 g/mol. The molecule has 0 saturated carbocycles. The van der Waals surface area contributed by atoms with E-state index in [0.29, 0.717) is 12.1 Å². The number of nitrogens with zero attached hydrogens (tertiary/aromatic N) is 1. The quantitative estimate of drug-likeness (QED) is 0.760. The number of carbonyl (C=O) groups excluding carboxylic acids is 3. The Morgan fingerprint density at radius 1 is 1.07 bits per heavy atom. The maximum atomic E-state index is 12.3. The van der Waals surface area contributed by atoms with Gasteiger partial charge in [-0.15, -0.1) is 0 Å².